The maximum absolute atomic E-state index is 8.89. The molecule has 0 amide bonds. The van der Waals surface area contributed by atoms with Gasteiger partial charge in [-0.25, -0.2) is 0 Å². The second kappa shape index (κ2) is 7.34. The Labute approximate surface area is 148 Å². The molecule has 0 radical (unpaired) electrons. The van der Waals surface area contributed by atoms with Gasteiger partial charge in [0.05, 0.1) is 18.2 Å². The second-order valence-electron chi connectivity index (χ2n) is 7.02. The number of aromatic nitrogens is 2. The van der Waals surface area contributed by atoms with Crippen LogP contribution in [-0.2, 0) is 13.1 Å². The summed E-state index contributed by atoms with van der Waals surface area (Å²) in [5.41, 5.74) is 1.98. The van der Waals surface area contributed by atoms with Gasteiger partial charge in [0.25, 0.3) is 0 Å². The Kier molecular flexibility index (Phi) is 4.77. The maximum Gasteiger partial charge on any atom is 0.230 e. The predicted octanol–water partition coefficient (Wildman–Crippen LogP) is 2.53. The molecule has 130 valence electrons. The maximum atomic E-state index is 8.89. The minimum absolute atomic E-state index is 0.522. The van der Waals surface area contributed by atoms with E-state index in [2.05, 4.69) is 38.2 Å². The van der Waals surface area contributed by atoms with Gasteiger partial charge in [0.15, 0.2) is 0 Å². The van der Waals surface area contributed by atoms with Crippen molar-refractivity contribution in [2.24, 2.45) is 0 Å². The van der Waals surface area contributed by atoms with Crippen molar-refractivity contribution in [3.63, 3.8) is 0 Å². The Hall–Kier alpha value is -2.23. The van der Waals surface area contributed by atoms with E-state index in [9.17, 15) is 0 Å². The summed E-state index contributed by atoms with van der Waals surface area (Å²) in [7, 11) is 0. The predicted molar refractivity (Wildman–Crippen MR) is 92.6 cm³/mol. The van der Waals surface area contributed by atoms with Crippen LogP contribution < -0.4 is 0 Å². The second-order valence-corrected chi connectivity index (χ2v) is 7.02. The Morgan fingerprint density at radius 2 is 1.72 bits per heavy atom. The minimum Gasteiger partial charge on any atom is -0.424 e. The molecule has 0 bridgehead atoms. The van der Waals surface area contributed by atoms with Crippen LogP contribution in [0, 0.1) is 11.3 Å². The third-order valence-corrected chi connectivity index (χ3v) is 4.94. The van der Waals surface area contributed by atoms with Gasteiger partial charge in [-0.2, -0.15) is 5.26 Å². The number of hydrogen-bond donors (Lipinski definition) is 0. The smallest absolute Gasteiger partial charge is 0.230 e. The number of hydrogen-bond acceptors (Lipinski definition) is 6. The van der Waals surface area contributed by atoms with Crippen LogP contribution in [0.25, 0.3) is 0 Å². The highest BCUT2D eigenvalue weighted by molar-refractivity contribution is 5.31. The fraction of sp³-hybridized carbons (Fsp3) is 0.526. The van der Waals surface area contributed by atoms with Crippen LogP contribution in [-0.4, -0.2) is 46.2 Å². The van der Waals surface area contributed by atoms with Crippen molar-refractivity contribution in [3.05, 3.63) is 47.2 Å². The topological polar surface area (TPSA) is 69.2 Å². The molecule has 2 aromatic rings. The highest BCUT2D eigenvalue weighted by atomic mass is 16.4. The number of nitriles is 1. The zero-order valence-corrected chi connectivity index (χ0v) is 14.4. The SMILES string of the molecule is N#Cc1ccc(CN2CCCN(Cc3nnc(C4CC4)o3)CC2)cc1. The molecular weight excluding hydrogens is 314 g/mol. The molecule has 1 aliphatic heterocycles. The van der Waals surface area contributed by atoms with Crippen molar-refractivity contribution in [1.82, 2.24) is 20.0 Å². The first-order valence-corrected chi connectivity index (χ1v) is 9.06. The fourth-order valence-corrected chi connectivity index (χ4v) is 3.30. The van der Waals surface area contributed by atoms with Gasteiger partial charge in [-0.1, -0.05) is 12.1 Å². The Morgan fingerprint density at radius 1 is 1.00 bits per heavy atom. The van der Waals surface area contributed by atoms with Crippen LogP contribution in [0.4, 0.5) is 0 Å². The normalized spacial score (nSPS) is 19.5. The molecule has 2 heterocycles. The van der Waals surface area contributed by atoms with E-state index in [1.54, 1.807) is 0 Å². The molecule has 1 aliphatic carbocycles. The van der Waals surface area contributed by atoms with E-state index in [0.717, 1.165) is 63.0 Å². The summed E-state index contributed by atoms with van der Waals surface area (Å²) in [5.74, 6) is 2.10. The van der Waals surface area contributed by atoms with Gasteiger partial charge in [0.2, 0.25) is 11.8 Å². The molecular formula is C19H23N5O. The summed E-state index contributed by atoms with van der Waals surface area (Å²) in [6, 6.07) is 10.1. The van der Waals surface area contributed by atoms with Crippen LogP contribution in [0.15, 0.2) is 28.7 Å². The summed E-state index contributed by atoms with van der Waals surface area (Å²) < 4.78 is 5.79. The van der Waals surface area contributed by atoms with Gasteiger partial charge >= 0.3 is 0 Å². The molecule has 25 heavy (non-hydrogen) atoms. The molecule has 4 rings (SSSR count). The third kappa shape index (κ3) is 4.25. The molecule has 1 saturated carbocycles. The Balaban J connectivity index is 1.29. The van der Waals surface area contributed by atoms with Crippen LogP contribution in [0.5, 0.6) is 0 Å². The molecule has 1 saturated heterocycles. The summed E-state index contributed by atoms with van der Waals surface area (Å²) in [4.78, 5) is 4.88. The van der Waals surface area contributed by atoms with E-state index in [1.807, 2.05) is 12.1 Å². The lowest BCUT2D eigenvalue weighted by Crippen LogP contribution is -2.30. The number of rotatable bonds is 5. The molecule has 6 heteroatoms. The van der Waals surface area contributed by atoms with Gasteiger partial charge in [-0.15, -0.1) is 10.2 Å². The molecule has 0 atom stereocenters. The fourth-order valence-electron chi connectivity index (χ4n) is 3.30. The van der Waals surface area contributed by atoms with Crippen LogP contribution in [0.2, 0.25) is 0 Å². The molecule has 6 nitrogen and oxygen atoms in total. The average Bonchev–Trinajstić information content (AvgIpc) is 3.42. The third-order valence-electron chi connectivity index (χ3n) is 4.94. The van der Waals surface area contributed by atoms with Crippen LogP contribution >= 0.6 is 0 Å². The lowest BCUT2D eigenvalue weighted by molar-refractivity contribution is 0.229. The van der Waals surface area contributed by atoms with E-state index >= 15 is 0 Å². The monoisotopic (exact) mass is 337 g/mol. The van der Waals surface area contributed by atoms with Gasteiger partial charge in [-0.05, 0) is 50.0 Å². The van der Waals surface area contributed by atoms with E-state index in [4.69, 9.17) is 9.68 Å². The first-order chi connectivity index (χ1) is 12.3. The van der Waals surface area contributed by atoms with Crippen molar-refractivity contribution in [2.45, 2.75) is 38.3 Å². The number of benzene rings is 1. The lowest BCUT2D eigenvalue weighted by atomic mass is 10.1. The first-order valence-electron chi connectivity index (χ1n) is 9.06. The molecule has 0 unspecified atom stereocenters. The van der Waals surface area contributed by atoms with Gasteiger partial charge < -0.3 is 4.42 Å². The molecule has 2 fully saturated rings. The Bertz CT molecular complexity index is 744. The highest BCUT2D eigenvalue weighted by Gasteiger charge is 2.29. The van der Waals surface area contributed by atoms with E-state index in [-0.39, 0.29) is 0 Å². The summed E-state index contributed by atoms with van der Waals surface area (Å²) in [5, 5.41) is 17.3. The van der Waals surface area contributed by atoms with Gasteiger partial charge in [0, 0.05) is 25.6 Å². The minimum atomic E-state index is 0.522. The van der Waals surface area contributed by atoms with Crippen LogP contribution in [0.3, 0.4) is 0 Å². The largest absolute Gasteiger partial charge is 0.424 e. The van der Waals surface area contributed by atoms with Crippen molar-refractivity contribution < 1.29 is 4.42 Å². The standard InChI is InChI=1S/C19H23N5O/c20-12-15-2-4-16(5-3-15)13-23-8-1-9-24(11-10-23)14-18-21-22-19(25-18)17-6-7-17/h2-5,17H,1,6-11,13-14H2. The lowest BCUT2D eigenvalue weighted by Gasteiger charge is -2.21. The van der Waals surface area contributed by atoms with Crippen molar-refractivity contribution in [3.8, 4) is 6.07 Å². The summed E-state index contributed by atoms with van der Waals surface area (Å²) in [6.07, 6.45) is 3.52. The molecule has 1 aromatic heterocycles. The zero-order valence-electron chi connectivity index (χ0n) is 14.4. The number of nitrogens with zero attached hydrogens (tertiary/aromatic N) is 5. The van der Waals surface area contributed by atoms with Crippen molar-refractivity contribution in [1.29, 1.82) is 5.26 Å². The quantitative estimate of drug-likeness (QED) is 0.835. The molecule has 1 aromatic carbocycles. The van der Waals surface area contributed by atoms with E-state index in [1.165, 1.54) is 18.4 Å². The molecule has 0 N–H and O–H groups in total. The average molecular weight is 337 g/mol. The van der Waals surface area contributed by atoms with E-state index in [0.29, 0.717) is 5.92 Å². The van der Waals surface area contributed by atoms with Gasteiger partial charge in [0.1, 0.15) is 0 Å². The van der Waals surface area contributed by atoms with Crippen molar-refractivity contribution in [2.75, 3.05) is 26.2 Å². The molecule has 0 spiro atoms. The molecule has 2 aliphatic rings. The zero-order chi connectivity index (χ0) is 17.1. The summed E-state index contributed by atoms with van der Waals surface area (Å²) in [6.45, 7) is 5.88. The first kappa shape index (κ1) is 16.2. The Morgan fingerprint density at radius 3 is 2.40 bits per heavy atom. The van der Waals surface area contributed by atoms with Crippen LogP contribution in [0.1, 0.15) is 48.1 Å². The van der Waals surface area contributed by atoms with Gasteiger partial charge in [-0.3, -0.25) is 9.80 Å². The van der Waals surface area contributed by atoms with E-state index < -0.39 is 0 Å². The summed E-state index contributed by atoms with van der Waals surface area (Å²) >= 11 is 0. The van der Waals surface area contributed by atoms with Crippen molar-refractivity contribution >= 4 is 0 Å². The highest BCUT2D eigenvalue weighted by Crippen LogP contribution is 2.39.